The summed E-state index contributed by atoms with van der Waals surface area (Å²) in [6.07, 6.45) is 2.17. The lowest BCUT2D eigenvalue weighted by Crippen LogP contribution is -2.48. The van der Waals surface area contributed by atoms with Crippen LogP contribution in [0, 0.1) is 17.5 Å². The van der Waals surface area contributed by atoms with Gasteiger partial charge in [-0.15, -0.1) is 0 Å². The first-order valence-electron chi connectivity index (χ1n) is 10.5. The summed E-state index contributed by atoms with van der Waals surface area (Å²) in [5.41, 5.74) is -1.27. The lowest BCUT2D eigenvalue weighted by atomic mass is 9.87. The number of alkyl halides is 1. The number of carboxylic acids is 1. The van der Waals surface area contributed by atoms with Gasteiger partial charge in [-0.3, -0.25) is 4.90 Å². The summed E-state index contributed by atoms with van der Waals surface area (Å²) >= 11 is 0. The van der Waals surface area contributed by atoms with Gasteiger partial charge in [-0.25, -0.2) is 22.4 Å². The van der Waals surface area contributed by atoms with Crippen LogP contribution in [0.1, 0.15) is 49.3 Å². The quantitative estimate of drug-likeness (QED) is 0.372. The summed E-state index contributed by atoms with van der Waals surface area (Å²) < 4.78 is 66.0. The highest BCUT2D eigenvalue weighted by atomic mass is 19.1. The maximum absolute atomic E-state index is 15.3. The summed E-state index contributed by atoms with van der Waals surface area (Å²) in [5, 5.41) is 9.04. The summed E-state index contributed by atoms with van der Waals surface area (Å²) in [5.74, 6) is -3.46. The number of rotatable bonds is 5. The Morgan fingerprint density at radius 3 is 2.48 bits per heavy atom. The second kappa shape index (κ2) is 8.33. The van der Waals surface area contributed by atoms with Crippen LogP contribution in [0.2, 0.25) is 0 Å². The normalized spacial score (nSPS) is 19.4. The summed E-state index contributed by atoms with van der Waals surface area (Å²) in [7, 11) is 0. The Labute approximate surface area is 188 Å². The summed E-state index contributed by atoms with van der Waals surface area (Å²) in [6.45, 7) is 4.40. The van der Waals surface area contributed by atoms with Crippen LogP contribution in [0.25, 0.3) is 17.0 Å². The maximum Gasteiger partial charge on any atom is 0.328 e. The predicted octanol–water partition coefficient (Wildman–Crippen LogP) is 6.03. The van der Waals surface area contributed by atoms with Crippen LogP contribution in [-0.2, 0) is 11.2 Å². The van der Waals surface area contributed by atoms with E-state index in [1.54, 1.807) is 17.9 Å². The van der Waals surface area contributed by atoms with E-state index in [1.807, 2.05) is 0 Å². The molecule has 2 aromatic carbocycles. The number of hydrogen-bond donors (Lipinski definition) is 1. The standard InChI is InChI=1S/C25H23F4NO3/c1-13-9-15-21-16(26)5-4-6-19(21)33-24(15)23(30(13)12-25(2,3)29)22-17(27)10-14(11-18(22)28)7-8-20(31)32/h4-8,10-11,13,23H,9,12H2,1-3H3,(H,31,32)/b8-7+/t13-,23-/m1/s1. The molecule has 2 heterocycles. The third-order valence-corrected chi connectivity index (χ3v) is 5.79. The number of carbonyl (C=O) groups is 1. The van der Waals surface area contributed by atoms with Gasteiger partial charge in [0, 0.05) is 29.8 Å². The molecule has 4 nitrogen and oxygen atoms in total. The van der Waals surface area contributed by atoms with E-state index in [1.165, 1.54) is 26.0 Å². The molecule has 174 valence electrons. The van der Waals surface area contributed by atoms with Gasteiger partial charge in [-0.1, -0.05) is 6.07 Å². The third kappa shape index (κ3) is 4.39. The van der Waals surface area contributed by atoms with E-state index < -0.39 is 35.1 Å². The lowest BCUT2D eigenvalue weighted by Gasteiger charge is -2.42. The molecule has 0 aliphatic carbocycles. The Morgan fingerprint density at radius 2 is 1.88 bits per heavy atom. The molecular weight excluding hydrogens is 438 g/mol. The van der Waals surface area contributed by atoms with E-state index >= 15 is 8.78 Å². The van der Waals surface area contributed by atoms with Crippen LogP contribution in [-0.4, -0.2) is 34.2 Å². The van der Waals surface area contributed by atoms with E-state index in [9.17, 15) is 13.6 Å². The minimum Gasteiger partial charge on any atom is -0.478 e. The monoisotopic (exact) mass is 461 g/mol. The largest absolute Gasteiger partial charge is 0.478 e. The van der Waals surface area contributed by atoms with Crippen molar-refractivity contribution in [2.45, 2.75) is 44.9 Å². The van der Waals surface area contributed by atoms with E-state index in [-0.39, 0.29) is 40.4 Å². The van der Waals surface area contributed by atoms with Crippen molar-refractivity contribution in [1.29, 1.82) is 0 Å². The van der Waals surface area contributed by atoms with Crippen molar-refractivity contribution in [3.63, 3.8) is 0 Å². The van der Waals surface area contributed by atoms with Gasteiger partial charge in [0.25, 0.3) is 0 Å². The van der Waals surface area contributed by atoms with Crippen molar-refractivity contribution in [3.05, 3.63) is 76.3 Å². The molecule has 0 bridgehead atoms. The zero-order chi connectivity index (χ0) is 24.1. The first-order valence-corrected chi connectivity index (χ1v) is 10.5. The van der Waals surface area contributed by atoms with Gasteiger partial charge in [0.2, 0.25) is 0 Å². The molecule has 0 fully saturated rings. The summed E-state index contributed by atoms with van der Waals surface area (Å²) in [4.78, 5) is 12.4. The fourth-order valence-electron chi connectivity index (χ4n) is 4.53. The lowest BCUT2D eigenvalue weighted by molar-refractivity contribution is -0.131. The number of carboxylic acid groups (broad SMARTS) is 1. The maximum atomic E-state index is 15.3. The van der Waals surface area contributed by atoms with Gasteiger partial charge in [0.1, 0.15) is 40.5 Å². The molecule has 0 amide bonds. The summed E-state index contributed by atoms with van der Waals surface area (Å²) in [6, 6.07) is 4.87. The number of furan rings is 1. The van der Waals surface area contributed by atoms with Gasteiger partial charge >= 0.3 is 5.97 Å². The SMILES string of the molecule is C[C@@H]1Cc2c(oc3cccc(F)c23)[C@@H](c2c(F)cc(/C=C/C(=O)O)cc2F)N1CC(C)(C)F. The molecule has 3 aromatic rings. The van der Waals surface area contributed by atoms with Crippen LogP contribution < -0.4 is 0 Å². The number of nitrogens with zero attached hydrogens (tertiary/aromatic N) is 1. The first kappa shape index (κ1) is 23.0. The number of aliphatic carboxylic acids is 1. The second-order valence-electron chi connectivity index (χ2n) is 8.97. The zero-order valence-electron chi connectivity index (χ0n) is 18.3. The third-order valence-electron chi connectivity index (χ3n) is 5.79. The Morgan fingerprint density at radius 1 is 1.21 bits per heavy atom. The highest BCUT2D eigenvalue weighted by Gasteiger charge is 2.42. The minimum absolute atomic E-state index is 0.0215. The molecular formula is C25H23F4NO3. The molecule has 1 aliphatic heterocycles. The van der Waals surface area contributed by atoms with Crippen LogP contribution in [0.15, 0.2) is 40.8 Å². The molecule has 2 atom stereocenters. The molecule has 1 aromatic heterocycles. The number of halogens is 4. The molecule has 1 aliphatic rings. The van der Waals surface area contributed by atoms with E-state index in [4.69, 9.17) is 9.52 Å². The van der Waals surface area contributed by atoms with Crippen molar-refractivity contribution >= 4 is 23.0 Å². The number of fused-ring (bicyclic) bond motifs is 3. The predicted molar refractivity (Wildman–Crippen MR) is 116 cm³/mol. The van der Waals surface area contributed by atoms with Crippen molar-refractivity contribution < 1.29 is 31.9 Å². The fourth-order valence-corrected chi connectivity index (χ4v) is 4.53. The molecule has 8 heteroatoms. The van der Waals surface area contributed by atoms with Crippen LogP contribution in [0.5, 0.6) is 0 Å². The highest BCUT2D eigenvalue weighted by Crippen LogP contribution is 2.45. The smallest absolute Gasteiger partial charge is 0.328 e. The van der Waals surface area contributed by atoms with Crippen molar-refractivity contribution in [1.82, 2.24) is 4.90 Å². The average molecular weight is 461 g/mol. The van der Waals surface area contributed by atoms with Gasteiger partial charge in [-0.05, 0) is 63.1 Å². The molecule has 0 unspecified atom stereocenters. The zero-order valence-corrected chi connectivity index (χ0v) is 18.3. The van der Waals surface area contributed by atoms with Crippen LogP contribution in [0.3, 0.4) is 0 Å². The Bertz CT molecular complexity index is 1240. The Kier molecular flexibility index (Phi) is 5.82. The van der Waals surface area contributed by atoms with Crippen molar-refractivity contribution in [2.75, 3.05) is 6.54 Å². The Hall–Kier alpha value is -3.13. The average Bonchev–Trinajstić information content (AvgIpc) is 3.06. The van der Waals surface area contributed by atoms with Gasteiger partial charge in [0.15, 0.2) is 0 Å². The van der Waals surface area contributed by atoms with Crippen LogP contribution >= 0.6 is 0 Å². The molecule has 0 saturated heterocycles. The van der Waals surface area contributed by atoms with Crippen molar-refractivity contribution in [3.8, 4) is 0 Å². The molecule has 0 saturated carbocycles. The topological polar surface area (TPSA) is 53.7 Å². The Balaban J connectivity index is 1.94. The highest BCUT2D eigenvalue weighted by molar-refractivity contribution is 5.85. The first-order chi connectivity index (χ1) is 15.5. The van der Waals surface area contributed by atoms with E-state index in [0.717, 1.165) is 24.3 Å². The molecule has 1 N–H and O–H groups in total. The van der Waals surface area contributed by atoms with E-state index in [0.29, 0.717) is 12.0 Å². The molecule has 0 radical (unpaired) electrons. The van der Waals surface area contributed by atoms with Gasteiger partial charge < -0.3 is 9.52 Å². The van der Waals surface area contributed by atoms with Crippen LogP contribution in [0.4, 0.5) is 17.6 Å². The van der Waals surface area contributed by atoms with Crippen molar-refractivity contribution in [2.24, 2.45) is 0 Å². The molecule has 4 rings (SSSR count). The number of benzene rings is 2. The second-order valence-corrected chi connectivity index (χ2v) is 8.97. The fraction of sp³-hybridized carbons (Fsp3) is 0.320. The van der Waals surface area contributed by atoms with Gasteiger partial charge in [0.05, 0.1) is 5.39 Å². The van der Waals surface area contributed by atoms with E-state index in [2.05, 4.69) is 0 Å². The number of hydrogen-bond acceptors (Lipinski definition) is 3. The molecule has 33 heavy (non-hydrogen) atoms. The van der Waals surface area contributed by atoms with Gasteiger partial charge in [-0.2, -0.15) is 0 Å². The molecule has 0 spiro atoms. The minimum atomic E-state index is -1.68.